The van der Waals surface area contributed by atoms with Crippen LogP contribution in [0.4, 0.5) is 5.69 Å². The normalized spacial score (nSPS) is 14.3. The molecule has 0 saturated heterocycles. The highest BCUT2D eigenvalue weighted by atomic mass is 16.5. The van der Waals surface area contributed by atoms with Crippen molar-refractivity contribution in [2.45, 2.75) is 58.1 Å². The highest BCUT2D eigenvalue weighted by Gasteiger charge is 2.32. The molecular formula is C36H37NO4. The van der Waals surface area contributed by atoms with Crippen molar-refractivity contribution in [2.75, 3.05) is 12.0 Å². The van der Waals surface area contributed by atoms with E-state index in [0.29, 0.717) is 24.6 Å². The topological polar surface area (TPSA) is 55.8 Å². The molecular weight excluding hydrogens is 510 g/mol. The first-order valence-corrected chi connectivity index (χ1v) is 14.3. The van der Waals surface area contributed by atoms with Gasteiger partial charge in [-0.05, 0) is 83.3 Å². The molecule has 0 spiro atoms. The van der Waals surface area contributed by atoms with E-state index in [4.69, 9.17) is 9.47 Å². The molecule has 0 bridgehead atoms. The Labute approximate surface area is 242 Å². The van der Waals surface area contributed by atoms with E-state index >= 15 is 0 Å². The standard InChI is InChI=1S/C36H37NO4/c1-25(2)28-19-21-30(22-20-28)37(23-26-15-17-29(18-16-26)36(39)40-3)35(38)33-13-7-12-32-31(33)11-8-14-34(32)41-24-27-9-5-4-6-10-27/h4-6,8-11,14-22,25,33H,7,12-13,23-24H2,1-3H3. The first-order chi connectivity index (χ1) is 19.9. The number of nitrogens with zero attached hydrogens (tertiary/aromatic N) is 1. The molecule has 4 aromatic carbocycles. The highest BCUT2D eigenvalue weighted by molar-refractivity contribution is 5.98. The number of hydrogen-bond donors (Lipinski definition) is 0. The number of benzene rings is 4. The largest absolute Gasteiger partial charge is 0.489 e. The van der Waals surface area contributed by atoms with Crippen LogP contribution in [-0.4, -0.2) is 19.0 Å². The number of anilines is 1. The van der Waals surface area contributed by atoms with Crippen LogP contribution in [0.5, 0.6) is 5.75 Å². The molecule has 4 aromatic rings. The Morgan fingerprint density at radius 2 is 1.59 bits per heavy atom. The summed E-state index contributed by atoms with van der Waals surface area (Å²) >= 11 is 0. The van der Waals surface area contributed by atoms with Gasteiger partial charge in [0.05, 0.1) is 25.1 Å². The second-order valence-electron chi connectivity index (χ2n) is 10.9. The lowest BCUT2D eigenvalue weighted by atomic mass is 9.81. The third kappa shape index (κ3) is 6.51. The van der Waals surface area contributed by atoms with Crippen molar-refractivity contribution >= 4 is 17.6 Å². The van der Waals surface area contributed by atoms with Gasteiger partial charge in [0.15, 0.2) is 0 Å². The molecule has 1 aliphatic carbocycles. The Kier molecular flexibility index (Phi) is 8.83. The summed E-state index contributed by atoms with van der Waals surface area (Å²) in [6, 6.07) is 31.8. The minimum atomic E-state index is -0.377. The second kappa shape index (κ2) is 12.9. The summed E-state index contributed by atoms with van der Waals surface area (Å²) in [6.07, 6.45) is 2.60. The van der Waals surface area contributed by atoms with E-state index in [1.165, 1.54) is 12.7 Å². The molecule has 0 heterocycles. The van der Waals surface area contributed by atoms with Gasteiger partial charge in [-0.3, -0.25) is 4.79 Å². The van der Waals surface area contributed by atoms with Gasteiger partial charge in [-0.15, -0.1) is 0 Å². The molecule has 1 amide bonds. The maximum Gasteiger partial charge on any atom is 0.337 e. The van der Waals surface area contributed by atoms with E-state index < -0.39 is 0 Å². The van der Waals surface area contributed by atoms with E-state index in [1.807, 2.05) is 59.5 Å². The van der Waals surface area contributed by atoms with Crippen molar-refractivity contribution in [1.29, 1.82) is 0 Å². The predicted molar refractivity (Wildman–Crippen MR) is 162 cm³/mol. The Morgan fingerprint density at radius 1 is 0.854 bits per heavy atom. The fraction of sp³-hybridized carbons (Fsp3) is 0.278. The zero-order chi connectivity index (χ0) is 28.8. The summed E-state index contributed by atoms with van der Waals surface area (Å²) in [5.74, 6) is 0.685. The molecule has 41 heavy (non-hydrogen) atoms. The summed E-state index contributed by atoms with van der Waals surface area (Å²) in [4.78, 5) is 28.2. The van der Waals surface area contributed by atoms with Crippen LogP contribution in [0.25, 0.3) is 0 Å². The maximum atomic E-state index is 14.4. The van der Waals surface area contributed by atoms with Gasteiger partial charge < -0.3 is 14.4 Å². The average Bonchev–Trinajstić information content (AvgIpc) is 3.02. The van der Waals surface area contributed by atoms with Gasteiger partial charge in [-0.2, -0.15) is 0 Å². The number of fused-ring (bicyclic) bond motifs is 1. The third-order valence-corrected chi connectivity index (χ3v) is 7.85. The Bertz CT molecular complexity index is 1480. The van der Waals surface area contributed by atoms with Gasteiger partial charge in [0, 0.05) is 5.69 Å². The summed E-state index contributed by atoms with van der Waals surface area (Å²) < 4.78 is 11.1. The van der Waals surface area contributed by atoms with Crippen molar-refractivity contribution < 1.29 is 19.1 Å². The number of carbonyl (C=O) groups is 2. The molecule has 0 fully saturated rings. The SMILES string of the molecule is COC(=O)c1ccc(CN(C(=O)C2CCCc3c(OCc4ccccc4)cccc32)c2ccc(C(C)C)cc2)cc1. The number of amides is 1. The van der Waals surface area contributed by atoms with Crippen LogP contribution in [0.3, 0.4) is 0 Å². The van der Waals surface area contributed by atoms with E-state index in [-0.39, 0.29) is 17.8 Å². The maximum absolute atomic E-state index is 14.4. The molecule has 1 aliphatic rings. The molecule has 5 heteroatoms. The number of ether oxygens (including phenoxy) is 2. The van der Waals surface area contributed by atoms with Crippen LogP contribution in [0.1, 0.15) is 76.7 Å². The van der Waals surface area contributed by atoms with Crippen molar-refractivity contribution in [3.63, 3.8) is 0 Å². The van der Waals surface area contributed by atoms with E-state index in [9.17, 15) is 9.59 Å². The minimum absolute atomic E-state index is 0.0699. The van der Waals surface area contributed by atoms with Crippen molar-refractivity contribution in [2.24, 2.45) is 0 Å². The van der Waals surface area contributed by atoms with Gasteiger partial charge in [0.25, 0.3) is 0 Å². The Balaban J connectivity index is 1.44. The molecule has 5 rings (SSSR count). The third-order valence-electron chi connectivity index (χ3n) is 7.85. The van der Waals surface area contributed by atoms with Gasteiger partial charge in [0.2, 0.25) is 5.91 Å². The van der Waals surface area contributed by atoms with Crippen molar-refractivity contribution in [1.82, 2.24) is 0 Å². The number of hydrogen-bond acceptors (Lipinski definition) is 4. The van der Waals surface area contributed by atoms with Gasteiger partial charge in [-0.1, -0.05) is 80.6 Å². The summed E-state index contributed by atoms with van der Waals surface area (Å²) in [7, 11) is 1.37. The van der Waals surface area contributed by atoms with Crippen LogP contribution in [-0.2, 0) is 29.1 Å². The zero-order valence-electron chi connectivity index (χ0n) is 24.0. The molecule has 0 saturated carbocycles. The van der Waals surface area contributed by atoms with Crippen LogP contribution in [0, 0.1) is 0 Å². The first-order valence-electron chi connectivity index (χ1n) is 14.3. The minimum Gasteiger partial charge on any atom is -0.489 e. The molecule has 210 valence electrons. The quantitative estimate of drug-likeness (QED) is 0.200. The lowest BCUT2D eigenvalue weighted by Crippen LogP contribution is -2.36. The monoisotopic (exact) mass is 547 g/mol. The number of methoxy groups -OCH3 is 1. The average molecular weight is 548 g/mol. The predicted octanol–water partition coefficient (Wildman–Crippen LogP) is 7.83. The van der Waals surface area contributed by atoms with Gasteiger partial charge >= 0.3 is 5.97 Å². The Hall–Kier alpha value is -4.38. The zero-order valence-corrected chi connectivity index (χ0v) is 24.0. The molecule has 5 nitrogen and oxygen atoms in total. The second-order valence-corrected chi connectivity index (χ2v) is 10.9. The highest BCUT2D eigenvalue weighted by Crippen LogP contribution is 2.39. The fourth-order valence-electron chi connectivity index (χ4n) is 5.51. The summed E-state index contributed by atoms with van der Waals surface area (Å²) in [6.45, 7) is 5.22. The van der Waals surface area contributed by atoms with E-state index in [1.54, 1.807) is 12.1 Å². The molecule has 0 aliphatic heterocycles. The number of esters is 1. The first kappa shape index (κ1) is 28.2. The lowest BCUT2D eigenvalue weighted by molar-refractivity contribution is -0.120. The van der Waals surface area contributed by atoms with Crippen LogP contribution < -0.4 is 9.64 Å². The van der Waals surface area contributed by atoms with E-state index in [0.717, 1.165) is 53.0 Å². The Morgan fingerprint density at radius 3 is 2.27 bits per heavy atom. The summed E-state index contributed by atoms with van der Waals surface area (Å²) in [5.41, 5.74) is 6.81. The molecule has 1 atom stereocenters. The summed E-state index contributed by atoms with van der Waals surface area (Å²) in [5, 5.41) is 0. The molecule has 1 unspecified atom stereocenters. The van der Waals surface area contributed by atoms with Gasteiger partial charge in [0.1, 0.15) is 12.4 Å². The van der Waals surface area contributed by atoms with E-state index in [2.05, 4.69) is 44.2 Å². The van der Waals surface area contributed by atoms with Crippen molar-refractivity contribution in [3.8, 4) is 5.75 Å². The van der Waals surface area contributed by atoms with Gasteiger partial charge in [-0.25, -0.2) is 4.79 Å². The lowest BCUT2D eigenvalue weighted by Gasteiger charge is -2.32. The van der Waals surface area contributed by atoms with Crippen LogP contribution >= 0.6 is 0 Å². The number of rotatable bonds is 9. The smallest absolute Gasteiger partial charge is 0.337 e. The molecule has 0 radical (unpaired) electrons. The fourth-order valence-corrected chi connectivity index (χ4v) is 5.51. The molecule has 0 N–H and O–H groups in total. The van der Waals surface area contributed by atoms with Crippen LogP contribution in [0.2, 0.25) is 0 Å². The van der Waals surface area contributed by atoms with Crippen molar-refractivity contribution in [3.05, 3.63) is 130 Å². The van der Waals surface area contributed by atoms with Crippen LogP contribution in [0.15, 0.2) is 97.1 Å². The molecule has 0 aromatic heterocycles. The number of carbonyl (C=O) groups excluding carboxylic acids is 2.